The summed E-state index contributed by atoms with van der Waals surface area (Å²) < 4.78 is 19.3. The smallest absolute Gasteiger partial charge is 0.327 e. The molecule has 0 atom stereocenters. The number of esters is 1. The number of fused-ring (bicyclic) bond motifs is 1. The minimum absolute atomic E-state index is 0.183. The molecule has 132 valence electrons. The van der Waals surface area contributed by atoms with Crippen LogP contribution in [0.3, 0.4) is 0 Å². The van der Waals surface area contributed by atoms with E-state index in [-0.39, 0.29) is 5.56 Å². The van der Waals surface area contributed by atoms with Crippen molar-refractivity contribution in [3.05, 3.63) is 70.3 Å². The molecule has 0 aliphatic heterocycles. The Kier molecular flexibility index (Phi) is 4.97. The minimum Gasteiger partial charge on any atom is -0.441 e. The lowest BCUT2D eigenvalue weighted by molar-refractivity contribution is -0.146. The van der Waals surface area contributed by atoms with Gasteiger partial charge in [-0.2, -0.15) is 4.68 Å². The first-order valence-corrected chi connectivity index (χ1v) is 7.57. The van der Waals surface area contributed by atoms with E-state index < -0.39 is 36.5 Å². The van der Waals surface area contributed by atoms with E-state index in [4.69, 9.17) is 4.74 Å². The van der Waals surface area contributed by atoms with Crippen molar-refractivity contribution >= 4 is 22.8 Å². The van der Waals surface area contributed by atoms with Crippen LogP contribution in [0, 0.1) is 5.82 Å². The van der Waals surface area contributed by atoms with Crippen molar-refractivity contribution in [1.29, 1.82) is 0 Å². The average Bonchev–Trinajstić information content (AvgIpc) is 2.66. The van der Waals surface area contributed by atoms with Gasteiger partial charge in [-0.15, -0.1) is 5.10 Å². The van der Waals surface area contributed by atoms with Crippen LogP contribution in [0.15, 0.2) is 53.3 Å². The Hall–Kier alpha value is -3.62. The molecule has 1 amide bonds. The number of rotatable bonds is 5. The second-order valence-corrected chi connectivity index (χ2v) is 5.22. The fourth-order valence-electron chi connectivity index (χ4n) is 2.19. The van der Waals surface area contributed by atoms with E-state index in [0.29, 0.717) is 10.9 Å². The van der Waals surface area contributed by atoms with Crippen molar-refractivity contribution in [2.75, 3.05) is 6.54 Å². The largest absolute Gasteiger partial charge is 0.441 e. The highest BCUT2D eigenvalue weighted by Crippen LogP contribution is 2.05. The molecule has 0 fully saturated rings. The monoisotopic (exact) mass is 356 g/mol. The van der Waals surface area contributed by atoms with Gasteiger partial charge < -0.3 is 10.1 Å². The van der Waals surface area contributed by atoms with Gasteiger partial charge in [-0.1, -0.05) is 29.5 Å². The van der Waals surface area contributed by atoms with Crippen molar-refractivity contribution in [3.63, 3.8) is 0 Å². The van der Waals surface area contributed by atoms with Gasteiger partial charge in [0.2, 0.25) is 0 Å². The van der Waals surface area contributed by atoms with Gasteiger partial charge in [0.1, 0.15) is 17.9 Å². The number of benzene rings is 2. The second kappa shape index (κ2) is 7.51. The van der Waals surface area contributed by atoms with Crippen LogP contribution in [0.1, 0.15) is 10.4 Å². The number of halogens is 1. The molecule has 26 heavy (non-hydrogen) atoms. The summed E-state index contributed by atoms with van der Waals surface area (Å²) in [7, 11) is 0. The van der Waals surface area contributed by atoms with Gasteiger partial charge in [0.25, 0.3) is 11.5 Å². The summed E-state index contributed by atoms with van der Waals surface area (Å²) in [5.41, 5.74) is -0.215. The van der Waals surface area contributed by atoms with Crippen LogP contribution < -0.4 is 10.9 Å². The Balaban J connectivity index is 1.58. The summed E-state index contributed by atoms with van der Waals surface area (Å²) in [5, 5.41) is 10.1. The van der Waals surface area contributed by atoms with Crippen molar-refractivity contribution < 1.29 is 18.7 Å². The van der Waals surface area contributed by atoms with Gasteiger partial charge in [0.05, 0.1) is 10.9 Å². The van der Waals surface area contributed by atoms with Gasteiger partial charge >= 0.3 is 5.97 Å². The van der Waals surface area contributed by atoms with Crippen LogP contribution in [-0.2, 0) is 16.3 Å². The quantitative estimate of drug-likeness (QED) is 0.680. The summed E-state index contributed by atoms with van der Waals surface area (Å²) in [6, 6.07) is 12.0. The third kappa shape index (κ3) is 3.72. The Bertz CT molecular complexity index is 1030. The second-order valence-electron chi connectivity index (χ2n) is 5.22. The standard InChI is InChI=1S/C17H13FN4O4/c18-13-7-3-1-5-11(13)16(24)19-9-15(23)26-10-22-17(25)12-6-2-4-8-14(12)20-21-22/h1-8H,9-10H2,(H,19,24). The number of nitrogens with one attached hydrogen (secondary N) is 1. The first kappa shape index (κ1) is 17.2. The molecule has 0 aliphatic carbocycles. The number of amides is 1. The zero-order valence-electron chi connectivity index (χ0n) is 13.4. The van der Waals surface area contributed by atoms with E-state index in [0.717, 1.165) is 10.7 Å². The predicted octanol–water partition coefficient (Wildman–Crippen LogP) is 0.861. The van der Waals surface area contributed by atoms with E-state index >= 15 is 0 Å². The molecule has 0 radical (unpaired) electrons. The topological polar surface area (TPSA) is 103 Å². The molecule has 0 aliphatic rings. The van der Waals surface area contributed by atoms with E-state index in [1.807, 2.05) is 0 Å². The average molecular weight is 356 g/mol. The molecule has 1 N–H and O–H groups in total. The molecule has 8 nitrogen and oxygen atoms in total. The van der Waals surface area contributed by atoms with Gasteiger partial charge in [-0.05, 0) is 24.3 Å². The highest BCUT2D eigenvalue weighted by atomic mass is 19.1. The number of nitrogens with zero attached hydrogens (tertiary/aromatic N) is 3. The summed E-state index contributed by atoms with van der Waals surface area (Å²) >= 11 is 0. The molecule has 1 aromatic heterocycles. The molecule has 3 rings (SSSR count). The van der Waals surface area contributed by atoms with E-state index in [1.165, 1.54) is 18.2 Å². The Morgan fingerprint density at radius 1 is 1.12 bits per heavy atom. The maximum atomic E-state index is 13.5. The van der Waals surface area contributed by atoms with Crippen molar-refractivity contribution in [1.82, 2.24) is 20.3 Å². The zero-order chi connectivity index (χ0) is 18.5. The molecule has 0 saturated carbocycles. The maximum Gasteiger partial charge on any atom is 0.327 e. The molecular weight excluding hydrogens is 343 g/mol. The molecule has 0 spiro atoms. The Labute approximate surface area is 146 Å². The van der Waals surface area contributed by atoms with Gasteiger partial charge in [0, 0.05) is 0 Å². The van der Waals surface area contributed by atoms with E-state index in [2.05, 4.69) is 15.6 Å². The van der Waals surface area contributed by atoms with Crippen LogP contribution in [0.2, 0.25) is 0 Å². The normalized spacial score (nSPS) is 10.5. The van der Waals surface area contributed by atoms with E-state index in [1.54, 1.807) is 24.3 Å². The first-order valence-electron chi connectivity index (χ1n) is 7.57. The summed E-state index contributed by atoms with van der Waals surface area (Å²) in [6.07, 6.45) is 0. The summed E-state index contributed by atoms with van der Waals surface area (Å²) in [4.78, 5) is 35.7. The van der Waals surface area contributed by atoms with Crippen LogP contribution >= 0.6 is 0 Å². The maximum absolute atomic E-state index is 13.5. The lowest BCUT2D eigenvalue weighted by Crippen LogP contribution is -2.33. The van der Waals surface area contributed by atoms with Crippen LogP contribution in [-0.4, -0.2) is 33.4 Å². The van der Waals surface area contributed by atoms with Gasteiger partial charge in [-0.3, -0.25) is 14.4 Å². The highest BCUT2D eigenvalue weighted by Gasteiger charge is 2.13. The van der Waals surface area contributed by atoms with Gasteiger partial charge in [0.15, 0.2) is 6.73 Å². The molecule has 2 aromatic carbocycles. The van der Waals surface area contributed by atoms with Crippen molar-refractivity contribution in [2.24, 2.45) is 0 Å². The number of aromatic nitrogens is 3. The lowest BCUT2D eigenvalue weighted by atomic mass is 10.2. The number of hydrogen-bond donors (Lipinski definition) is 1. The molecule has 0 unspecified atom stereocenters. The van der Waals surface area contributed by atoms with Crippen molar-refractivity contribution in [2.45, 2.75) is 6.73 Å². The minimum atomic E-state index is -0.809. The van der Waals surface area contributed by atoms with Gasteiger partial charge in [-0.25, -0.2) is 4.39 Å². The lowest BCUT2D eigenvalue weighted by Gasteiger charge is -2.08. The Morgan fingerprint density at radius 2 is 1.85 bits per heavy atom. The van der Waals surface area contributed by atoms with Crippen LogP contribution in [0.5, 0.6) is 0 Å². The first-order chi connectivity index (χ1) is 12.6. The fourth-order valence-corrected chi connectivity index (χ4v) is 2.19. The zero-order valence-corrected chi connectivity index (χ0v) is 13.4. The number of carbonyl (C=O) groups is 2. The molecule has 9 heteroatoms. The Morgan fingerprint density at radius 3 is 2.65 bits per heavy atom. The number of ether oxygens (including phenoxy) is 1. The fraction of sp³-hybridized carbons (Fsp3) is 0.118. The van der Waals surface area contributed by atoms with Crippen LogP contribution in [0.4, 0.5) is 4.39 Å². The number of hydrogen-bond acceptors (Lipinski definition) is 6. The number of carbonyl (C=O) groups excluding carboxylic acids is 2. The highest BCUT2D eigenvalue weighted by molar-refractivity contribution is 5.96. The molecule has 1 heterocycles. The molecule has 0 saturated heterocycles. The predicted molar refractivity (Wildman–Crippen MR) is 88.6 cm³/mol. The van der Waals surface area contributed by atoms with Crippen LogP contribution in [0.25, 0.3) is 10.9 Å². The summed E-state index contributed by atoms with van der Waals surface area (Å²) in [6.45, 7) is -0.937. The van der Waals surface area contributed by atoms with E-state index in [9.17, 15) is 18.8 Å². The molecular formula is C17H13FN4O4. The third-order valence-corrected chi connectivity index (χ3v) is 3.49. The molecule has 0 bridgehead atoms. The third-order valence-electron chi connectivity index (χ3n) is 3.49. The SMILES string of the molecule is O=C(CNC(=O)c1ccccc1F)OCn1nnc2ccccc2c1=O. The molecule has 3 aromatic rings. The summed E-state index contributed by atoms with van der Waals surface area (Å²) in [5.74, 6) is -2.25. The van der Waals surface area contributed by atoms with Crippen molar-refractivity contribution in [3.8, 4) is 0 Å².